The third kappa shape index (κ3) is 4.24. The van der Waals surface area contributed by atoms with E-state index in [0.29, 0.717) is 29.5 Å². The Hall–Kier alpha value is -1.66. The van der Waals surface area contributed by atoms with Gasteiger partial charge < -0.3 is 19.1 Å². The number of rotatable bonds is 7. The molecule has 1 aromatic carbocycles. The van der Waals surface area contributed by atoms with Crippen molar-refractivity contribution in [1.82, 2.24) is 9.80 Å². The normalized spacial score (nSPS) is 15.2. The van der Waals surface area contributed by atoms with Crippen LogP contribution in [0.5, 0.6) is 17.2 Å². The molecule has 0 saturated carbocycles. The number of carbonyl (C=O) groups is 1. The highest BCUT2D eigenvalue weighted by Crippen LogP contribution is 2.40. The van der Waals surface area contributed by atoms with Gasteiger partial charge in [-0.05, 0) is 6.07 Å². The van der Waals surface area contributed by atoms with Gasteiger partial charge in [-0.3, -0.25) is 9.69 Å². The fourth-order valence-corrected chi connectivity index (χ4v) is 3.08. The summed E-state index contributed by atoms with van der Waals surface area (Å²) < 4.78 is 16.3. The second-order valence-electron chi connectivity index (χ2n) is 5.59. The van der Waals surface area contributed by atoms with Crippen molar-refractivity contribution in [2.75, 3.05) is 53.4 Å². The molecule has 1 aliphatic heterocycles. The average Bonchev–Trinajstić information content (AvgIpc) is 2.61. The molecule has 1 heterocycles. The molecular formula is C17H25ClN2O4. The number of ether oxygens (including phenoxy) is 3. The first-order chi connectivity index (χ1) is 11.6. The Kier molecular flexibility index (Phi) is 6.99. The molecule has 7 heteroatoms. The van der Waals surface area contributed by atoms with Crippen molar-refractivity contribution in [3.8, 4) is 17.2 Å². The first kappa shape index (κ1) is 18.7. The van der Waals surface area contributed by atoms with E-state index in [1.807, 2.05) is 17.0 Å². The van der Waals surface area contributed by atoms with E-state index in [-0.39, 0.29) is 5.91 Å². The second kappa shape index (κ2) is 8.99. The van der Waals surface area contributed by atoms with Gasteiger partial charge in [-0.25, -0.2) is 0 Å². The number of carbonyl (C=O) groups excluding carboxylic acids is 1. The van der Waals surface area contributed by atoms with Gasteiger partial charge in [0.15, 0.2) is 11.5 Å². The zero-order chi connectivity index (χ0) is 17.5. The number of hydrogen-bond donors (Lipinski definition) is 0. The van der Waals surface area contributed by atoms with Crippen LogP contribution in [0.1, 0.15) is 12.0 Å². The Balaban J connectivity index is 2.03. The predicted octanol–water partition coefficient (Wildman–Crippen LogP) is 1.99. The van der Waals surface area contributed by atoms with Gasteiger partial charge in [-0.1, -0.05) is 6.07 Å². The quantitative estimate of drug-likeness (QED) is 0.699. The maximum atomic E-state index is 11.9. The van der Waals surface area contributed by atoms with Crippen molar-refractivity contribution in [1.29, 1.82) is 0 Å². The van der Waals surface area contributed by atoms with E-state index >= 15 is 0 Å². The minimum absolute atomic E-state index is 0.133. The highest BCUT2D eigenvalue weighted by atomic mass is 35.5. The van der Waals surface area contributed by atoms with E-state index in [2.05, 4.69) is 4.90 Å². The van der Waals surface area contributed by atoms with Crippen LogP contribution in [0.2, 0.25) is 0 Å². The van der Waals surface area contributed by atoms with Crippen molar-refractivity contribution in [2.24, 2.45) is 0 Å². The highest BCUT2D eigenvalue weighted by Gasteiger charge is 2.23. The molecule has 0 radical (unpaired) electrons. The number of nitrogens with zero attached hydrogens (tertiary/aromatic N) is 2. The monoisotopic (exact) mass is 356 g/mol. The van der Waals surface area contributed by atoms with E-state index in [1.165, 1.54) is 0 Å². The number of benzene rings is 1. The summed E-state index contributed by atoms with van der Waals surface area (Å²) in [5, 5.41) is 0. The third-order valence-corrected chi connectivity index (χ3v) is 4.40. The predicted molar refractivity (Wildman–Crippen MR) is 93.3 cm³/mol. The number of amides is 1. The fraction of sp³-hybridized carbons (Fsp3) is 0.588. The van der Waals surface area contributed by atoms with Gasteiger partial charge in [-0.2, -0.15) is 0 Å². The first-order valence-corrected chi connectivity index (χ1v) is 8.52. The number of hydrogen-bond acceptors (Lipinski definition) is 5. The van der Waals surface area contributed by atoms with Gasteiger partial charge in [-0.15, -0.1) is 11.6 Å². The van der Waals surface area contributed by atoms with Gasteiger partial charge in [0, 0.05) is 50.6 Å². The minimum Gasteiger partial charge on any atom is -0.493 e. The molecule has 0 spiro atoms. The number of piperazine rings is 1. The molecule has 0 bridgehead atoms. The summed E-state index contributed by atoms with van der Waals surface area (Å²) in [6.07, 6.45) is 0.408. The molecular weight excluding hydrogens is 332 g/mol. The molecule has 2 rings (SSSR count). The van der Waals surface area contributed by atoms with Crippen molar-refractivity contribution >= 4 is 17.5 Å². The summed E-state index contributed by atoms with van der Waals surface area (Å²) in [5.74, 6) is 2.45. The molecule has 1 fully saturated rings. The summed E-state index contributed by atoms with van der Waals surface area (Å²) in [7, 11) is 4.84. The smallest absolute Gasteiger partial charge is 0.223 e. The lowest BCUT2D eigenvalue weighted by molar-refractivity contribution is -0.132. The Bertz CT molecular complexity index is 560. The lowest BCUT2D eigenvalue weighted by Gasteiger charge is -2.35. The molecule has 0 aliphatic carbocycles. The Morgan fingerprint density at radius 2 is 1.71 bits per heavy atom. The molecule has 1 amide bonds. The van der Waals surface area contributed by atoms with E-state index < -0.39 is 0 Å². The van der Waals surface area contributed by atoms with E-state index in [1.54, 1.807) is 21.3 Å². The van der Waals surface area contributed by atoms with Crippen LogP contribution in [0.3, 0.4) is 0 Å². The molecule has 1 saturated heterocycles. The fourth-order valence-electron chi connectivity index (χ4n) is 2.92. The van der Waals surface area contributed by atoms with Crippen molar-refractivity contribution in [3.63, 3.8) is 0 Å². The Labute approximate surface area is 148 Å². The SMILES string of the molecule is COc1ccc(CN2CCN(C(=O)CCCl)CC2)c(OC)c1OC. The Morgan fingerprint density at radius 3 is 2.25 bits per heavy atom. The van der Waals surface area contributed by atoms with Crippen LogP contribution in [-0.2, 0) is 11.3 Å². The van der Waals surface area contributed by atoms with Gasteiger partial charge in [0.2, 0.25) is 11.7 Å². The van der Waals surface area contributed by atoms with Crippen LogP contribution in [-0.4, -0.2) is 69.1 Å². The first-order valence-electron chi connectivity index (χ1n) is 7.98. The molecule has 0 N–H and O–H groups in total. The van der Waals surface area contributed by atoms with Gasteiger partial charge in [0.05, 0.1) is 21.3 Å². The van der Waals surface area contributed by atoms with Crippen LogP contribution in [0.25, 0.3) is 0 Å². The zero-order valence-corrected chi connectivity index (χ0v) is 15.3. The van der Waals surface area contributed by atoms with Crippen LogP contribution in [0.4, 0.5) is 0 Å². The molecule has 0 atom stereocenters. The maximum absolute atomic E-state index is 11.9. The summed E-state index contributed by atoms with van der Waals surface area (Å²) >= 11 is 5.64. The van der Waals surface area contributed by atoms with Crippen molar-refractivity contribution in [3.05, 3.63) is 17.7 Å². The highest BCUT2D eigenvalue weighted by molar-refractivity contribution is 6.18. The average molecular weight is 357 g/mol. The third-order valence-electron chi connectivity index (χ3n) is 4.21. The molecule has 24 heavy (non-hydrogen) atoms. The molecule has 1 aliphatic rings. The van der Waals surface area contributed by atoms with Gasteiger partial charge in [0.1, 0.15) is 0 Å². The van der Waals surface area contributed by atoms with Crippen LogP contribution >= 0.6 is 11.6 Å². The summed E-state index contributed by atoms with van der Waals surface area (Å²) in [6.45, 7) is 3.84. The van der Waals surface area contributed by atoms with E-state index in [9.17, 15) is 4.79 Å². The van der Waals surface area contributed by atoms with Gasteiger partial charge >= 0.3 is 0 Å². The molecule has 6 nitrogen and oxygen atoms in total. The van der Waals surface area contributed by atoms with Gasteiger partial charge in [0.25, 0.3) is 0 Å². The largest absolute Gasteiger partial charge is 0.493 e. The summed E-state index contributed by atoms with van der Waals surface area (Å²) in [6, 6.07) is 3.88. The molecule has 134 valence electrons. The van der Waals surface area contributed by atoms with E-state index in [0.717, 1.165) is 38.3 Å². The maximum Gasteiger partial charge on any atom is 0.223 e. The van der Waals surface area contributed by atoms with Crippen LogP contribution in [0, 0.1) is 0 Å². The lowest BCUT2D eigenvalue weighted by Crippen LogP contribution is -2.48. The number of alkyl halides is 1. The van der Waals surface area contributed by atoms with Crippen LogP contribution in [0.15, 0.2) is 12.1 Å². The second-order valence-corrected chi connectivity index (χ2v) is 5.97. The number of halogens is 1. The summed E-state index contributed by atoms with van der Waals surface area (Å²) in [5.41, 5.74) is 1.04. The Morgan fingerprint density at radius 1 is 1.04 bits per heavy atom. The van der Waals surface area contributed by atoms with Crippen LogP contribution < -0.4 is 14.2 Å². The molecule has 0 aromatic heterocycles. The summed E-state index contributed by atoms with van der Waals surface area (Å²) in [4.78, 5) is 16.1. The minimum atomic E-state index is 0.133. The molecule has 0 unspecified atom stereocenters. The topological polar surface area (TPSA) is 51.2 Å². The van der Waals surface area contributed by atoms with E-state index in [4.69, 9.17) is 25.8 Å². The zero-order valence-electron chi connectivity index (χ0n) is 14.5. The molecule has 1 aromatic rings. The standard InChI is InChI=1S/C17H25ClN2O4/c1-22-14-5-4-13(16(23-2)17(14)24-3)12-19-8-10-20(11-9-19)15(21)6-7-18/h4-5H,6-12H2,1-3H3. The number of methoxy groups -OCH3 is 3. The van der Waals surface area contributed by atoms with Crippen molar-refractivity contribution in [2.45, 2.75) is 13.0 Å². The van der Waals surface area contributed by atoms with Crippen molar-refractivity contribution < 1.29 is 19.0 Å². The lowest BCUT2D eigenvalue weighted by atomic mass is 10.1.